The average Bonchev–Trinajstić information content (AvgIpc) is 3.10. The van der Waals surface area contributed by atoms with Crippen molar-refractivity contribution in [2.45, 2.75) is 0 Å². The number of carbonyl (C=O) groups excluding carboxylic acids is 1. The number of nitro benzene ring substituents is 1. The summed E-state index contributed by atoms with van der Waals surface area (Å²) in [5.74, 6) is 0.557. The Morgan fingerprint density at radius 3 is 2.73 bits per heavy atom. The third-order valence-corrected chi connectivity index (χ3v) is 4.13. The summed E-state index contributed by atoms with van der Waals surface area (Å²) >= 11 is 3.46. The van der Waals surface area contributed by atoms with Gasteiger partial charge in [0.05, 0.1) is 11.1 Å². The standard InChI is InChI=1S/C18H12BrN3O4/c19-16-7-2-1-6-15(16)17-9-8-14(26-17)11-20-21-18(23)12-4-3-5-13(10-12)22(24)25/h1-11H,(H,21,23). The number of non-ortho nitro benzene ring substituents is 1. The average molecular weight is 414 g/mol. The van der Waals surface area contributed by atoms with Crippen LogP contribution in [0.3, 0.4) is 0 Å². The zero-order valence-electron chi connectivity index (χ0n) is 13.3. The number of amides is 1. The molecule has 3 rings (SSSR count). The van der Waals surface area contributed by atoms with E-state index in [2.05, 4.69) is 26.5 Å². The van der Waals surface area contributed by atoms with Gasteiger partial charge in [-0.2, -0.15) is 5.10 Å². The van der Waals surface area contributed by atoms with Crippen LogP contribution in [0.1, 0.15) is 16.1 Å². The molecule has 26 heavy (non-hydrogen) atoms. The molecule has 0 spiro atoms. The van der Waals surface area contributed by atoms with Crippen molar-refractivity contribution in [1.82, 2.24) is 5.43 Å². The van der Waals surface area contributed by atoms with E-state index in [0.717, 1.165) is 10.0 Å². The predicted molar refractivity (Wildman–Crippen MR) is 100 cm³/mol. The molecule has 1 N–H and O–H groups in total. The van der Waals surface area contributed by atoms with Crippen LogP contribution in [0.15, 0.2) is 74.7 Å². The molecule has 0 aliphatic heterocycles. The van der Waals surface area contributed by atoms with Crippen molar-refractivity contribution in [2.24, 2.45) is 5.10 Å². The van der Waals surface area contributed by atoms with E-state index in [1.54, 1.807) is 12.1 Å². The Kier molecular flexibility index (Phi) is 5.23. The monoisotopic (exact) mass is 413 g/mol. The topological polar surface area (TPSA) is 97.7 Å². The molecule has 0 saturated heterocycles. The van der Waals surface area contributed by atoms with Gasteiger partial charge in [-0.25, -0.2) is 5.43 Å². The fourth-order valence-corrected chi connectivity index (χ4v) is 2.69. The second kappa shape index (κ2) is 7.75. The molecule has 130 valence electrons. The van der Waals surface area contributed by atoms with Crippen LogP contribution in [0.4, 0.5) is 5.69 Å². The molecule has 0 aliphatic carbocycles. The number of hydrogen-bond donors (Lipinski definition) is 1. The molecule has 0 atom stereocenters. The van der Waals surface area contributed by atoms with Gasteiger partial charge in [0.2, 0.25) is 0 Å². The lowest BCUT2D eigenvalue weighted by Crippen LogP contribution is -2.17. The van der Waals surface area contributed by atoms with Crippen LogP contribution in [0.25, 0.3) is 11.3 Å². The van der Waals surface area contributed by atoms with Gasteiger partial charge in [0.1, 0.15) is 11.5 Å². The van der Waals surface area contributed by atoms with Gasteiger partial charge in [-0.15, -0.1) is 0 Å². The molecule has 0 unspecified atom stereocenters. The van der Waals surface area contributed by atoms with Crippen LogP contribution in [-0.2, 0) is 0 Å². The van der Waals surface area contributed by atoms with Gasteiger partial charge in [0.15, 0.2) is 0 Å². The first kappa shape index (κ1) is 17.6. The van der Waals surface area contributed by atoms with Crippen LogP contribution in [0.5, 0.6) is 0 Å². The SMILES string of the molecule is O=C(NN=Cc1ccc(-c2ccccc2Br)o1)c1cccc([N+](=O)[O-])c1. The summed E-state index contributed by atoms with van der Waals surface area (Å²) in [4.78, 5) is 22.2. The van der Waals surface area contributed by atoms with E-state index in [1.807, 2.05) is 24.3 Å². The largest absolute Gasteiger partial charge is 0.455 e. The maximum absolute atomic E-state index is 12.0. The minimum atomic E-state index is -0.563. The lowest BCUT2D eigenvalue weighted by atomic mass is 10.2. The zero-order valence-corrected chi connectivity index (χ0v) is 14.8. The summed E-state index contributed by atoms with van der Waals surface area (Å²) in [6.07, 6.45) is 1.36. The highest BCUT2D eigenvalue weighted by molar-refractivity contribution is 9.10. The Morgan fingerprint density at radius 2 is 1.96 bits per heavy atom. The highest BCUT2D eigenvalue weighted by Crippen LogP contribution is 2.28. The first-order chi connectivity index (χ1) is 12.5. The van der Waals surface area contributed by atoms with Gasteiger partial charge >= 0.3 is 0 Å². The van der Waals surface area contributed by atoms with Crippen molar-refractivity contribution in [3.05, 3.63) is 86.6 Å². The molecule has 8 heteroatoms. The Bertz CT molecular complexity index is 997. The molecule has 1 amide bonds. The van der Waals surface area contributed by atoms with Crippen LogP contribution < -0.4 is 5.43 Å². The zero-order chi connectivity index (χ0) is 18.5. The Labute approximate surface area is 156 Å². The van der Waals surface area contributed by atoms with E-state index >= 15 is 0 Å². The van der Waals surface area contributed by atoms with Gasteiger partial charge in [0.25, 0.3) is 11.6 Å². The van der Waals surface area contributed by atoms with Gasteiger partial charge < -0.3 is 4.42 Å². The molecule has 3 aromatic rings. The highest BCUT2D eigenvalue weighted by Gasteiger charge is 2.11. The van der Waals surface area contributed by atoms with Crippen molar-refractivity contribution >= 4 is 33.7 Å². The number of nitro groups is 1. The Balaban J connectivity index is 1.68. The maximum atomic E-state index is 12.0. The van der Waals surface area contributed by atoms with E-state index < -0.39 is 10.8 Å². The minimum Gasteiger partial charge on any atom is -0.455 e. The van der Waals surface area contributed by atoms with Gasteiger partial charge in [-0.3, -0.25) is 14.9 Å². The predicted octanol–water partition coefficient (Wildman–Crippen LogP) is 4.38. The molecule has 0 radical (unpaired) electrons. The lowest BCUT2D eigenvalue weighted by Gasteiger charge is -2.00. The van der Waals surface area contributed by atoms with Crippen molar-refractivity contribution in [3.8, 4) is 11.3 Å². The summed E-state index contributed by atoms with van der Waals surface area (Å²) in [5, 5.41) is 14.6. The molecule has 0 saturated carbocycles. The van der Waals surface area contributed by atoms with E-state index in [-0.39, 0.29) is 11.3 Å². The molecular formula is C18H12BrN3O4. The molecule has 1 heterocycles. The second-order valence-corrected chi connectivity index (χ2v) is 6.04. The quantitative estimate of drug-likeness (QED) is 0.381. The summed E-state index contributed by atoms with van der Waals surface area (Å²) in [6.45, 7) is 0. The number of hydrazone groups is 1. The molecule has 0 fully saturated rings. The highest BCUT2D eigenvalue weighted by atomic mass is 79.9. The van der Waals surface area contributed by atoms with Crippen molar-refractivity contribution in [1.29, 1.82) is 0 Å². The molecule has 1 aromatic heterocycles. The van der Waals surface area contributed by atoms with E-state index in [9.17, 15) is 14.9 Å². The maximum Gasteiger partial charge on any atom is 0.271 e. The number of hydrogen-bond acceptors (Lipinski definition) is 5. The number of halogens is 1. The summed E-state index contributed by atoms with van der Waals surface area (Å²) in [5.41, 5.74) is 3.19. The van der Waals surface area contributed by atoms with Crippen LogP contribution in [-0.4, -0.2) is 17.0 Å². The van der Waals surface area contributed by atoms with Gasteiger partial charge in [-0.05, 0) is 24.3 Å². The van der Waals surface area contributed by atoms with Crippen LogP contribution >= 0.6 is 15.9 Å². The van der Waals surface area contributed by atoms with Crippen LogP contribution in [0.2, 0.25) is 0 Å². The number of nitrogens with zero attached hydrogens (tertiary/aromatic N) is 2. The van der Waals surface area contributed by atoms with Crippen molar-refractivity contribution in [3.63, 3.8) is 0 Å². The Hall–Kier alpha value is -3.26. The van der Waals surface area contributed by atoms with E-state index in [0.29, 0.717) is 11.5 Å². The van der Waals surface area contributed by atoms with Gasteiger partial charge in [-0.1, -0.05) is 40.2 Å². The van der Waals surface area contributed by atoms with Crippen molar-refractivity contribution < 1.29 is 14.1 Å². The van der Waals surface area contributed by atoms with Gasteiger partial charge in [0, 0.05) is 27.7 Å². The fourth-order valence-electron chi connectivity index (χ4n) is 2.21. The van der Waals surface area contributed by atoms with E-state index in [4.69, 9.17) is 4.42 Å². The van der Waals surface area contributed by atoms with Crippen molar-refractivity contribution in [2.75, 3.05) is 0 Å². The molecule has 0 bridgehead atoms. The third-order valence-electron chi connectivity index (χ3n) is 3.44. The molecule has 2 aromatic carbocycles. The smallest absolute Gasteiger partial charge is 0.271 e. The number of benzene rings is 2. The third kappa shape index (κ3) is 4.04. The lowest BCUT2D eigenvalue weighted by molar-refractivity contribution is -0.384. The minimum absolute atomic E-state index is 0.143. The number of carbonyl (C=O) groups is 1. The van der Waals surface area contributed by atoms with Crippen LogP contribution in [0, 0.1) is 10.1 Å². The number of rotatable bonds is 5. The fraction of sp³-hybridized carbons (Fsp3) is 0. The molecular weight excluding hydrogens is 402 g/mol. The molecule has 0 aliphatic rings. The molecule has 7 nitrogen and oxygen atoms in total. The second-order valence-electron chi connectivity index (χ2n) is 5.19. The summed E-state index contributed by atoms with van der Waals surface area (Å²) in [6, 6.07) is 16.5. The summed E-state index contributed by atoms with van der Waals surface area (Å²) < 4.78 is 6.57. The first-order valence-corrected chi connectivity index (χ1v) is 8.26. The first-order valence-electron chi connectivity index (χ1n) is 7.47. The summed E-state index contributed by atoms with van der Waals surface area (Å²) in [7, 11) is 0. The number of furan rings is 1. The number of nitrogens with one attached hydrogen (secondary N) is 1. The Morgan fingerprint density at radius 1 is 1.15 bits per heavy atom. The van der Waals surface area contributed by atoms with E-state index in [1.165, 1.54) is 30.5 Å². The normalized spacial score (nSPS) is 10.8.